The van der Waals surface area contributed by atoms with Crippen LogP contribution in [0.5, 0.6) is 0 Å². The molecular weight excluding hydrogens is 717 g/mol. The standard InChI is InChI=1S/C55H38N4/c1-55(2)47-17-9-6-14-41(47)42-29-26-38(34-48(42)55)35-20-22-36(23-21-35)52-45-16-7-10-18-49(45)56-54(57-52)37-24-27-40(28-25-37)59-51-19-11-8-15-43(51)44-30-31-50-46(53(44)59)32-33-58(50)39-12-4-3-5-13-39/h3-34H,1-2H3. The average Bonchev–Trinajstić information content (AvgIpc) is 3.95. The maximum absolute atomic E-state index is 5.28. The van der Waals surface area contributed by atoms with Gasteiger partial charge in [-0.3, -0.25) is 0 Å². The molecule has 12 rings (SSSR count). The maximum Gasteiger partial charge on any atom is 0.160 e. The summed E-state index contributed by atoms with van der Waals surface area (Å²) in [5, 5.41) is 4.72. The minimum atomic E-state index is -0.0400. The molecule has 0 saturated carbocycles. The number of nitrogens with zero attached hydrogens (tertiary/aromatic N) is 4. The van der Waals surface area contributed by atoms with Gasteiger partial charge in [-0.25, -0.2) is 9.97 Å². The molecule has 0 aliphatic heterocycles. The number of fused-ring (bicyclic) bond motifs is 9. The molecule has 278 valence electrons. The lowest BCUT2D eigenvalue weighted by molar-refractivity contribution is 0.660. The molecular formula is C55H38N4. The first-order valence-corrected chi connectivity index (χ1v) is 20.3. The summed E-state index contributed by atoms with van der Waals surface area (Å²) in [5.74, 6) is 0.708. The van der Waals surface area contributed by atoms with Crippen molar-refractivity contribution in [3.63, 3.8) is 0 Å². The molecule has 0 N–H and O–H groups in total. The van der Waals surface area contributed by atoms with Gasteiger partial charge in [0.15, 0.2) is 5.82 Å². The molecule has 59 heavy (non-hydrogen) atoms. The molecule has 0 fully saturated rings. The van der Waals surface area contributed by atoms with Crippen LogP contribution >= 0.6 is 0 Å². The van der Waals surface area contributed by atoms with Crippen molar-refractivity contribution in [1.82, 2.24) is 19.1 Å². The molecule has 1 aliphatic carbocycles. The second kappa shape index (κ2) is 12.7. The Labute approximate surface area is 342 Å². The van der Waals surface area contributed by atoms with Crippen LogP contribution in [0.25, 0.3) is 99.9 Å². The van der Waals surface area contributed by atoms with Crippen LogP contribution < -0.4 is 0 Å². The van der Waals surface area contributed by atoms with Crippen LogP contribution in [0.15, 0.2) is 194 Å². The van der Waals surface area contributed by atoms with Gasteiger partial charge >= 0.3 is 0 Å². The number of rotatable bonds is 5. The fourth-order valence-electron chi connectivity index (χ4n) is 9.65. The van der Waals surface area contributed by atoms with Crippen molar-refractivity contribution in [3.8, 4) is 56.3 Å². The Hall–Kier alpha value is -7.56. The Bertz CT molecular complexity index is 3440. The minimum Gasteiger partial charge on any atom is -0.316 e. The molecule has 0 bridgehead atoms. The molecule has 0 atom stereocenters. The smallest absolute Gasteiger partial charge is 0.160 e. The Morgan fingerprint density at radius 1 is 0.424 bits per heavy atom. The lowest BCUT2D eigenvalue weighted by atomic mass is 9.81. The first-order chi connectivity index (χ1) is 29.0. The Morgan fingerprint density at radius 2 is 1.10 bits per heavy atom. The quantitative estimate of drug-likeness (QED) is 0.175. The monoisotopic (exact) mass is 754 g/mol. The van der Waals surface area contributed by atoms with E-state index in [0.29, 0.717) is 5.82 Å². The van der Waals surface area contributed by atoms with Gasteiger partial charge in [0, 0.05) is 55.7 Å². The summed E-state index contributed by atoms with van der Waals surface area (Å²) in [6.07, 6.45) is 2.18. The fraction of sp³-hybridized carbons (Fsp3) is 0.0545. The highest BCUT2D eigenvalue weighted by Crippen LogP contribution is 2.49. The summed E-state index contributed by atoms with van der Waals surface area (Å²) < 4.78 is 4.68. The van der Waals surface area contributed by atoms with Crippen molar-refractivity contribution in [2.75, 3.05) is 0 Å². The highest BCUT2D eigenvalue weighted by atomic mass is 15.0. The van der Waals surface area contributed by atoms with Crippen LogP contribution in [0.1, 0.15) is 25.0 Å². The van der Waals surface area contributed by atoms with Gasteiger partial charge < -0.3 is 9.13 Å². The van der Waals surface area contributed by atoms with Crippen LogP contribution in [0.3, 0.4) is 0 Å². The lowest BCUT2D eigenvalue weighted by Crippen LogP contribution is -2.14. The van der Waals surface area contributed by atoms with Gasteiger partial charge in [0.05, 0.1) is 27.8 Å². The van der Waals surface area contributed by atoms with E-state index in [-0.39, 0.29) is 5.41 Å². The summed E-state index contributed by atoms with van der Waals surface area (Å²) in [6, 6.07) is 67.7. The van der Waals surface area contributed by atoms with E-state index in [9.17, 15) is 0 Å². The zero-order chi connectivity index (χ0) is 39.2. The van der Waals surface area contributed by atoms with Crippen molar-refractivity contribution in [2.24, 2.45) is 0 Å². The van der Waals surface area contributed by atoms with E-state index < -0.39 is 0 Å². The van der Waals surface area contributed by atoms with Crippen molar-refractivity contribution in [1.29, 1.82) is 0 Å². The summed E-state index contributed by atoms with van der Waals surface area (Å²) >= 11 is 0. The van der Waals surface area contributed by atoms with Crippen LogP contribution in [0.2, 0.25) is 0 Å². The fourth-order valence-corrected chi connectivity index (χ4v) is 9.65. The molecule has 11 aromatic rings. The van der Waals surface area contributed by atoms with Gasteiger partial charge in [0.25, 0.3) is 0 Å². The van der Waals surface area contributed by atoms with E-state index in [2.05, 4.69) is 217 Å². The minimum absolute atomic E-state index is 0.0400. The predicted molar refractivity (Wildman–Crippen MR) is 245 cm³/mol. The van der Waals surface area contributed by atoms with Crippen LogP contribution in [-0.4, -0.2) is 19.1 Å². The maximum atomic E-state index is 5.28. The zero-order valence-electron chi connectivity index (χ0n) is 32.8. The number of aromatic nitrogens is 4. The Kier molecular flexibility index (Phi) is 7.24. The third kappa shape index (κ3) is 5.09. The second-order valence-electron chi connectivity index (χ2n) is 16.2. The van der Waals surface area contributed by atoms with Crippen molar-refractivity contribution in [2.45, 2.75) is 19.3 Å². The summed E-state index contributed by atoms with van der Waals surface area (Å²) in [4.78, 5) is 10.4. The van der Waals surface area contributed by atoms with Gasteiger partial charge in [0.2, 0.25) is 0 Å². The normalized spacial score (nSPS) is 13.1. The van der Waals surface area contributed by atoms with Gasteiger partial charge in [-0.05, 0) is 100 Å². The number of benzene rings is 8. The summed E-state index contributed by atoms with van der Waals surface area (Å²) in [6.45, 7) is 4.67. The average molecular weight is 755 g/mol. The van der Waals surface area contributed by atoms with Gasteiger partial charge in [-0.2, -0.15) is 0 Å². The largest absolute Gasteiger partial charge is 0.316 e. The topological polar surface area (TPSA) is 35.6 Å². The van der Waals surface area contributed by atoms with Crippen LogP contribution in [-0.2, 0) is 5.41 Å². The number of hydrogen-bond acceptors (Lipinski definition) is 2. The molecule has 0 radical (unpaired) electrons. The molecule has 4 heteroatoms. The molecule has 8 aromatic carbocycles. The van der Waals surface area contributed by atoms with E-state index in [1.54, 1.807) is 0 Å². The van der Waals surface area contributed by atoms with Crippen molar-refractivity contribution in [3.05, 3.63) is 205 Å². The van der Waals surface area contributed by atoms with Crippen LogP contribution in [0.4, 0.5) is 0 Å². The van der Waals surface area contributed by atoms with Crippen molar-refractivity contribution >= 4 is 43.6 Å². The number of hydrogen-bond donors (Lipinski definition) is 0. The third-order valence-electron chi connectivity index (χ3n) is 12.6. The number of para-hydroxylation sites is 3. The van der Waals surface area contributed by atoms with Crippen LogP contribution in [0, 0.1) is 0 Å². The Balaban J connectivity index is 0.929. The lowest BCUT2D eigenvalue weighted by Gasteiger charge is -2.22. The van der Waals surface area contributed by atoms with E-state index >= 15 is 0 Å². The zero-order valence-corrected chi connectivity index (χ0v) is 32.8. The first kappa shape index (κ1) is 33.6. The van der Waals surface area contributed by atoms with Gasteiger partial charge in [-0.1, -0.05) is 135 Å². The molecule has 0 amide bonds. The van der Waals surface area contributed by atoms with Gasteiger partial charge in [-0.15, -0.1) is 0 Å². The van der Waals surface area contributed by atoms with E-state index in [1.165, 1.54) is 66.1 Å². The molecule has 0 saturated heterocycles. The summed E-state index contributed by atoms with van der Waals surface area (Å²) in [5.41, 5.74) is 17.5. The second-order valence-corrected chi connectivity index (χ2v) is 16.2. The van der Waals surface area contributed by atoms with Gasteiger partial charge in [0.1, 0.15) is 0 Å². The molecule has 0 unspecified atom stereocenters. The Morgan fingerprint density at radius 3 is 1.95 bits per heavy atom. The third-order valence-corrected chi connectivity index (χ3v) is 12.6. The van der Waals surface area contributed by atoms with E-state index in [4.69, 9.17) is 9.97 Å². The van der Waals surface area contributed by atoms with Crippen molar-refractivity contribution < 1.29 is 0 Å². The molecule has 4 nitrogen and oxygen atoms in total. The summed E-state index contributed by atoms with van der Waals surface area (Å²) in [7, 11) is 0. The highest BCUT2D eigenvalue weighted by molar-refractivity contribution is 6.18. The molecule has 3 aromatic heterocycles. The van der Waals surface area contributed by atoms with E-state index in [1.807, 2.05) is 0 Å². The molecule has 1 aliphatic rings. The SMILES string of the molecule is CC1(C)c2ccccc2-c2ccc(-c3ccc(-c4nc(-c5ccc(-n6c7ccccc7c7ccc8c(ccn8-c8ccccc8)c76)cc5)nc5ccccc45)cc3)cc21. The predicted octanol–water partition coefficient (Wildman–Crippen LogP) is 14.0. The molecule has 0 spiro atoms. The van der Waals surface area contributed by atoms with E-state index in [0.717, 1.165) is 39.1 Å². The highest BCUT2D eigenvalue weighted by Gasteiger charge is 2.35. The molecule has 3 heterocycles. The first-order valence-electron chi connectivity index (χ1n) is 20.3.